The van der Waals surface area contributed by atoms with Crippen molar-refractivity contribution < 1.29 is 9.90 Å². The summed E-state index contributed by atoms with van der Waals surface area (Å²) in [6.07, 6.45) is -0.00173. The van der Waals surface area contributed by atoms with Crippen molar-refractivity contribution in [3.8, 4) is 11.1 Å². The summed E-state index contributed by atoms with van der Waals surface area (Å²) in [7, 11) is 0. The number of hydrogen-bond acceptors (Lipinski definition) is 2. The molecule has 2 aromatic carbocycles. The molecule has 2 N–H and O–H groups in total. The second kappa shape index (κ2) is 5.25. The van der Waals surface area contributed by atoms with Crippen molar-refractivity contribution in [2.24, 2.45) is 0 Å². The Hall–Kier alpha value is -2.88. The van der Waals surface area contributed by atoms with E-state index in [-0.39, 0.29) is 12.0 Å². The van der Waals surface area contributed by atoms with E-state index in [1.165, 1.54) is 6.07 Å². The molecule has 1 heterocycles. The first kappa shape index (κ1) is 13.1. The predicted molar refractivity (Wildman–Crippen MR) is 81.3 cm³/mol. The standard InChI is InChI=1S/C17H13NO3/c19-16-7-6-12-4-5-14(10-15(12)18-16)13-3-1-2-11(8-13)9-17(20)21/h1-8,10H,9H2,(H,18,19)(H,20,21). The molecule has 0 unspecified atom stereocenters. The van der Waals surface area contributed by atoms with Gasteiger partial charge in [0.15, 0.2) is 0 Å². The highest BCUT2D eigenvalue weighted by atomic mass is 16.4. The number of nitrogens with one attached hydrogen (secondary N) is 1. The van der Waals surface area contributed by atoms with E-state index >= 15 is 0 Å². The fourth-order valence-electron chi connectivity index (χ4n) is 2.36. The Kier molecular flexibility index (Phi) is 3.28. The van der Waals surface area contributed by atoms with E-state index in [1.54, 1.807) is 12.1 Å². The lowest BCUT2D eigenvalue weighted by Crippen LogP contribution is -2.02. The molecule has 0 spiro atoms. The smallest absolute Gasteiger partial charge is 0.307 e. The van der Waals surface area contributed by atoms with Gasteiger partial charge in [0.2, 0.25) is 5.56 Å². The van der Waals surface area contributed by atoms with E-state index < -0.39 is 5.97 Å². The SMILES string of the molecule is O=C(O)Cc1cccc(-c2ccc3ccc(=O)[nH]c3c2)c1. The van der Waals surface area contributed by atoms with E-state index in [2.05, 4.69) is 4.98 Å². The molecule has 0 saturated heterocycles. The number of hydrogen-bond donors (Lipinski definition) is 2. The normalized spacial score (nSPS) is 10.7. The fraction of sp³-hybridized carbons (Fsp3) is 0.0588. The number of rotatable bonds is 3. The topological polar surface area (TPSA) is 70.2 Å². The van der Waals surface area contributed by atoms with Crippen LogP contribution in [-0.4, -0.2) is 16.1 Å². The molecule has 4 heteroatoms. The summed E-state index contributed by atoms with van der Waals surface area (Å²) in [6, 6.07) is 16.5. The summed E-state index contributed by atoms with van der Waals surface area (Å²) < 4.78 is 0. The lowest BCUT2D eigenvalue weighted by molar-refractivity contribution is -0.136. The van der Waals surface area contributed by atoms with E-state index in [0.717, 1.165) is 27.6 Å². The van der Waals surface area contributed by atoms with Crippen molar-refractivity contribution in [1.29, 1.82) is 0 Å². The van der Waals surface area contributed by atoms with E-state index in [1.807, 2.05) is 36.4 Å². The van der Waals surface area contributed by atoms with E-state index in [4.69, 9.17) is 5.11 Å². The molecule has 1 aromatic heterocycles. The van der Waals surface area contributed by atoms with Crippen molar-refractivity contribution in [3.63, 3.8) is 0 Å². The van der Waals surface area contributed by atoms with Gasteiger partial charge in [0.05, 0.1) is 6.42 Å². The first-order valence-electron chi connectivity index (χ1n) is 6.56. The molecular weight excluding hydrogens is 266 g/mol. The van der Waals surface area contributed by atoms with Gasteiger partial charge in [-0.15, -0.1) is 0 Å². The average Bonchev–Trinajstić information content (AvgIpc) is 2.46. The lowest BCUT2D eigenvalue weighted by Gasteiger charge is -2.06. The third-order valence-electron chi connectivity index (χ3n) is 3.34. The van der Waals surface area contributed by atoms with Crippen LogP contribution in [0, 0.1) is 0 Å². The third-order valence-corrected chi connectivity index (χ3v) is 3.34. The molecule has 21 heavy (non-hydrogen) atoms. The number of aromatic amines is 1. The zero-order valence-electron chi connectivity index (χ0n) is 11.2. The van der Waals surface area contributed by atoms with Crippen molar-refractivity contribution in [3.05, 3.63) is 70.5 Å². The Morgan fingerprint density at radius 2 is 1.76 bits per heavy atom. The molecule has 0 atom stereocenters. The molecule has 4 nitrogen and oxygen atoms in total. The van der Waals surface area contributed by atoms with Gasteiger partial charge in [0, 0.05) is 11.6 Å². The molecular formula is C17H13NO3. The predicted octanol–water partition coefficient (Wildman–Crippen LogP) is 2.82. The van der Waals surface area contributed by atoms with Crippen molar-refractivity contribution in [2.75, 3.05) is 0 Å². The number of carboxylic acids is 1. The van der Waals surface area contributed by atoms with Crippen LogP contribution in [0.25, 0.3) is 22.0 Å². The molecule has 0 aliphatic rings. The number of H-pyrrole nitrogens is 1. The lowest BCUT2D eigenvalue weighted by atomic mass is 10.0. The van der Waals surface area contributed by atoms with Crippen LogP contribution < -0.4 is 5.56 Å². The monoisotopic (exact) mass is 279 g/mol. The second-order valence-corrected chi connectivity index (χ2v) is 4.90. The minimum Gasteiger partial charge on any atom is -0.481 e. The summed E-state index contributed by atoms with van der Waals surface area (Å²) in [4.78, 5) is 25.0. The minimum atomic E-state index is -0.852. The van der Waals surface area contributed by atoms with Crippen LogP contribution in [0.4, 0.5) is 0 Å². The van der Waals surface area contributed by atoms with Crippen LogP contribution in [0.15, 0.2) is 59.4 Å². The molecule has 0 aliphatic carbocycles. The molecule has 0 fully saturated rings. The molecule has 3 aromatic rings. The van der Waals surface area contributed by atoms with Gasteiger partial charge >= 0.3 is 5.97 Å². The van der Waals surface area contributed by atoms with Gasteiger partial charge in [-0.1, -0.05) is 36.4 Å². The Morgan fingerprint density at radius 1 is 1.00 bits per heavy atom. The largest absolute Gasteiger partial charge is 0.481 e. The van der Waals surface area contributed by atoms with Crippen molar-refractivity contribution >= 4 is 16.9 Å². The van der Waals surface area contributed by atoms with Crippen molar-refractivity contribution in [2.45, 2.75) is 6.42 Å². The van der Waals surface area contributed by atoms with Gasteiger partial charge in [-0.05, 0) is 34.2 Å². The fourth-order valence-corrected chi connectivity index (χ4v) is 2.36. The number of carbonyl (C=O) groups is 1. The molecule has 0 radical (unpaired) electrons. The Balaban J connectivity index is 2.07. The average molecular weight is 279 g/mol. The first-order chi connectivity index (χ1) is 10.1. The second-order valence-electron chi connectivity index (χ2n) is 4.90. The number of carboxylic acid groups (broad SMARTS) is 1. The summed E-state index contributed by atoms with van der Waals surface area (Å²) in [5.74, 6) is -0.852. The number of aliphatic carboxylic acids is 1. The van der Waals surface area contributed by atoms with Gasteiger partial charge in [0.1, 0.15) is 0 Å². The number of pyridine rings is 1. The van der Waals surface area contributed by atoms with Crippen LogP contribution in [0.5, 0.6) is 0 Å². The quantitative estimate of drug-likeness (QED) is 0.774. The maximum atomic E-state index is 11.4. The highest BCUT2D eigenvalue weighted by Gasteiger charge is 2.04. The highest BCUT2D eigenvalue weighted by Crippen LogP contribution is 2.24. The third kappa shape index (κ3) is 2.84. The number of fused-ring (bicyclic) bond motifs is 1. The summed E-state index contributed by atoms with van der Waals surface area (Å²) in [5.41, 5.74) is 3.25. The van der Waals surface area contributed by atoms with E-state index in [0.29, 0.717) is 0 Å². The van der Waals surface area contributed by atoms with E-state index in [9.17, 15) is 9.59 Å². The highest BCUT2D eigenvalue weighted by molar-refractivity contribution is 5.84. The Bertz CT molecular complexity index is 880. The first-order valence-corrected chi connectivity index (χ1v) is 6.56. The van der Waals surface area contributed by atoms with Gasteiger partial charge in [-0.2, -0.15) is 0 Å². The molecule has 0 amide bonds. The van der Waals surface area contributed by atoms with Crippen LogP contribution >= 0.6 is 0 Å². The Labute approximate surface area is 120 Å². The number of aromatic nitrogens is 1. The van der Waals surface area contributed by atoms with Crippen LogP contribution in [-0.2, 0) is 11.2 Å². The van der Waals surface area contributed by atoms with Crippen LogP contribution in [0.1, 0.15) is 5.56 Å². The zero-order chi connectivity index (χ0) is 14.8. The summed E-state index contributed by atoms with van der Waals surface area (Å²) in [5, 5.41) is 9.82. The molecule has 3 rings (SSSR count). The zero-order valence-corrected chi connectivity index (χ0v) is 11.2. The van der Waals surface area contributed by atoms with Gasteiger partial charge < -0.3 is 10.1 Å². The van der Waals surface area contributed by atoms with Gasteiger partial charge in [-0.3, -0.25) is 9.59 Å². The van der Waals surface area contributed by atoms with Crippen LogP contribution in [0.2, 0.25) is 0 Å². The molecule has 0 saturated carbocycles. The van der Waals surface area contributed by atoms with Crippen LogP contribution in [0.3, 0.4) is 0 Å². The maximum Gasteiger partial charge on any atom is 0.307 e. The summed E-state index contributed by atoms with van der Waals surface area (Å²) in [6.45, 7) is 0. The Morgan fingerprint density at radius 3 is 2.57 bits per heavy atom. The molecule has 0 bridgehead atoms. The molecule has 104 valence electrons. The van der Waals surface area contributed by atoms with Gasteiger partial charge in [0.25, 0.3) is 0 Å². The maximum absolute atomic E-state index is 11.4. The van der Waals surface area contributed by atoms with Crippen molar-refractivity contribution in [1.82, 2.24) is 4.98 Å². The molecule has 0 aliphatic heterocycles. The minimum absolute atomic E-state index is 0.00173. The number of benzene rings is 2. The summed E-state index contributed by atoms with van der Waals surface area (Å²) >= 11 is 0. The van der Waals surface area contributed by atoms with Gasteiger partial charge in [-0.25, -0.2) is 0 Å².